The molecule has 0 aromatic rings. The summed E-state index contributed by atoms with van der Waals surface area (Å²) in [7, 11) is -1.81. The Balaban J connectivity index is 2.69. The predicted octanol–water partition coefficient (Wildman–Crippen LogP) is 1.53. The molecule has 21 heavy (non-hydrogen) atoms. The smallest absolute Gasteiger partial charge is 0.408 e. The number of methoxy groups -OCH3 is 1. The Bertz CT molecular complexity index is 383. The predicted molar refractivity (Wildman–Crippen MR) is 76.8 cm³/mol. The number of amides is 1. The largest absolute Gasteiger partial charge is 0.800 e. The number of carbonyl (C=O) groups excluding carboxylic acids is 2. The number of hydrogen-bond donors (Lipinski definition) is 1. The minimum absolute atomic E-state index is 0.0150. The van der Waals surface area contributed by atoms with Crippen LogP contribution in [0.2, 0.25) is 0 Å². The van der Waals surface area contributed by atoms with Crippen LogP contribution in [0.5, 0.6) is 0 Å². The van der Waals surface area contributed by atoms with Gasteiger partial charge in [-0.3, -0.25) is 0 Å². The molecule has 1 fully saturated rings. The maximum atomic E-state index is 11.8. The van der Waals surface area contributed by atoms with Crippen LogP contribution in [-0.2, 0) is 14.3 Å². The molecular weight excluding hydrogens is 298 g/mol. The first kappa shape index (κ1) is 18.1. The number of hydrogen-bond acceptors (Lipinski definition) is 6. The molecule has 0 aromatic carbocycles. The Morgan fingerprint density at radius 2 is 1.76 bits per heavy atom. The minimum atomic E-state index is -3.03. The van der Waals surface area contributed by atoms with E-state index in [2.05, 4.69) is 10.1 Å². The zero-order valence-electron chi connectivity index (χ0n) is 12.8. The Labute approximate surface area is 126 Å². The van der Waals surface area contributed by atoms with Crippen LogP contribution in [0.25, 0.3) is 0 Å². The van der Waals surface area contributed by atoms with Gasteiger partial charge in [-0.05, 0) is 51.0 Å². The molecule has 0 radical (unpaired) electrons. The third kappa shape index (κ3) is 6.11. The highest BCUT2D eigenvalue weighted by molar-refractivity contribution is 8.24. The van der Waals surface area contributed by atoms with Crippen molar-refractivity contribution in [2.24, 2.45) is 5.92 Å². The topological polar surface area (TPSA) is 111 Å². The summed E-state index contributed by atoms with van der Waals surface area (Å²) in [5, 5.41) is 2.49. The molecule has 1 heterocycles. The number of nitrogens with one attached hydrogen (secondary N) is 1. The summed E-state index contributed by atoms with van der Waals surface area (Å²) in [5.74, 6) is -0.832. The van der Waals surface area contributed by atoms with Crippen molar-refractivity contribution in [1.29, 1.82) is 0 Å². The summed E-state index contributed by atoms with van der Waals surface area (Å²) < 4.78 is 32.7. The maximum absolute atomic E-state index is 11.8. The molecule has 1 N–H and O–H groups in total. The third-order valence-electron chi connectivity index (χ3n) is 3.20. The Morgan fingerprint density at radius 1 is 1.24 bits per heavy atom. The molecule has 0 aliphatic carbocycles. The van der Waals surface area contributed by atoms with Crippen molar-refractivity contribution in [2.45, 2.75) is 45.3 Å². The fraction of sp³-hybridized carbons (Fsp3) is 0.846. The van der Waals surface area contributed by atoms with Crippen molar-refractivity contribution in [3.63, 3.8) is 0 Å². The lowest BCUT2D eigenvalue weighted by Crippen LogP contribution is -2.49. The second kappa shape index (κ2) is 6.85. The van der Waals surface area contributed by atoms with Crippen LogP contribution in [0.4, 0.5) is 4.79 Å². The Kier molecular flexibility index (Phi) is 5.89. The normalized spacial score (nSPS) is 22.0. The first-order valence-corrected chi connectivity index (χ1v) is 8.64. The van der Waals surface area contributed by atoms with Crippen LogP contribution in [0, 0.1) is 5.92 Å². The van der Waals surface area contributed by atoms with Crippen LogP contribution < -0.4 is 5.32 Å². The summed E-state index contributed by atoms with van der Waals surface area (Å²) in [6, 6.07) is -0.889. The average Bonchev–Trinajstić information content (AvgIpc) is 2.33. The summed E-state index contributed by atoms with van der Waals surface area (Å²) >= 11 is 0. The van der Waals surface area contributed by atoms with Crippen LogP contribution in [0.3, 0.4) is 0 Å². The highest BCUT2D eigenvalue weighted by atomic mass is 32.3. The van der Waals surface area contributed by atoms with Gasteiger partial charge in [0.15, 0.2) is 0 Å². The van der Waals surface area contributed by atoms with E-state index in [1.54, 1.807) is 20.8 Å². The SMILES string of the molecule is COC(=O)C(NC(=O)OC(C)(C)C)C1CCS([O-])([O-])CC1. The van der Waals surface area contributed by atoms with E-state index in [9.17, 15) is 18.7 Å². The van der Waals surface area contributed by atoms with E-state index in [0.29, 0.717) is 12.8 Å². The lowest BCUT2D eigenvalue weighted by molar-refractivity contribution is -0.144. The van der Waals surface area contributed by atoms with Crippen LogP contribution in [0.15, 0.2) is 0 Å². The summed E-state index contributed by atoms with van der Waals surface area (Å²) in [5.41, 5.74) is -0.680. The van der Waals surface area contributed by atoms with Gasteiger partial charge in [0, 0.05) is 0 Å². The number of ether oxygens (including phenoxy) is 2. The molecule has 8 heteroatoms. The number of sulfone groups is 1. The molecular formula is C13H23NO6S-2. The second-order valence-corrected chi connectivity index (χ2v) is 8.44. The van der Waals surface area contributed by atoms with Crippen molar-refractivity contribution in [2.75, 3.05) is 18.6 Å². The Morgan fingerprint density at radius 3 is 2.19 bits per heavy atom. The molecule has 1 atom stereocenters. The lowest BCUT2D eigenvalue weighted by Gasteiger charge is -2.63. The Hall–Kier alpha value is -0.990. The number of alkyl carbamates (subject to hydrolysis) is 1. The highest BCUT2D eigenvalue weighted by Crippen LogP contribution is 2.45. The number of esters is 1. The molecule has 1 saturated heterocycles. The summed E-state index contributed by atoms with van der Waals surface area (Å²) in [6.07, 6.45) is -0.0816. The van der Waals surface area contributed by atoms with Gasteiger partial charge in [-0.1, -0.05) is 0 Å². The van der Waals surface area contributed by atoms with E-state index < -0.39 is 34.3 Å². The van der Waals surface area contributed by atoms with E-state index in [0.717, 1.165) is 0 Å². The van der Waals surface area contributed by atoms with Crippen molar-refractivity contribution in [3.8, 4) is 0 Å². The van der Waals surface area contributed by atoms with Crippen molar-refractivity contribution < 1.29 is 28.2 Å². The van der Waals surface area contributed by atoms with E-state index in [1.165, 1.54) is 7.11 Å². The average molecular weight is 321 g/mol. The zero-order valence-corrected chi connectivity index (χ0v) is 13.7. The van der Waals surface area contributed by atoms with Gasteiger partial charge >= 0.3 is 12.1 Å². The summed E-state index contributed by atoms with van der Waals surface area (Å²) in [6.45, 7) is 5.15. The molecule has 0 saturated carbocycles. The third-order valence-corrected chi connectivity index (χ3v) is 4.91. The fourth-order valence-electron chi connectivity index (χ4n) is 2.17. The van der Waals surface area contributed by atoms with Crippen molar-refractivity contribution in [3.05, 3.63) is 0 Å². The van der Waals surface area contributed by atoms with Gasteiger partial charge in [0.1, 0.15) is 11.6 Å². The molecule has 0 spiro atoms. The van der Waals surface area contributed by atoms with Gasteiger partial charge in [0.05, 0.1) is 7.11 Å². The molecule has 1 rings (SSSR count). The van der Waals surface area contributed by atoms with Gasteiger partial charge < -0.3 is 34.5 Å². The molecule has 124 valence electrons. The van der Waals surface area contributed by atoms with E-state index in [-0.39, 0.29) is 17.4 Å². The quantitative estimate of drug-likeness (QED) is 0.789. The van der Waals surface area contributed by atoms with Gasteiger partial charge in [0.2, 0.25) is 0 Å². The number of carbonyl (C=O) groups is 2. The number of rotatable bonds is 3. The molecule has 0 bridgehead atoms. The highest BCUT2D eigenvalue weighted by Gasteiger charge is 2.33. The van der Waals surface area contributed by atoms with Gasteiger partial charge in [-0.15, -0.1) is 0 Å². The van der Waals surface area contributed by atoms with Crippen LogP contribution >= 0.6 is 10.6 Å². The second-order valence-electron chi connectivity index (χ2n) is 6.14. The maximum Gasteiger partial charge on any atom is 0.408 e. The monoisotopic (exact) mass is 321 g/mol. The fourth-order valence-corrected chi connectivity index (χ4v) is 3.70. The molecule has 1 amide bonds. The van der Waals surface area contributed by atoms with Gasteiger partial charge in [-0.2, -0.15) is 0 Å². The summed E-state index contributed by atoms with van der Waals surface area (Å²) in [4.78, 5) is 23.6. The lowest BCUT2D eigenvalue weighted by atomic mass is 9.94. The van der Waals surface area contributed by atoms with Gasteiger partial charge in [0.25, 0.3) is 0 Å². The first-order chi connectivity index (χ1) is 9.54. The standard InChI is InChI=1S/C13H25NO6S/c1-13(2,3)20-12(16)14-10(11(15)19-4)9-5-7-21(17,18)8-6-9/h9-10,17-18H,5-8H2,1-4H3,(H,14,16)/p-2. The zero-order chi connectivity index (χ0) is 16.3. The molecule has 0 aromatic heterocycles. The first-order valence-electron chi connectivity index (χ1n) is 6.82. The van der Waals surface area contributed by atoms with Crippen molar-refractivity contribution >= 4 is 22.7 Å². The molecule has 1 aliphatic rings. The molecule has 1 unspecified atom stereocenters. The minimum Gasteiger partial charge on any atom is -0.800 e. The van der Waals surface area contributed by atoms with Crippen LogP contribution in [0.1, 0.15) is 33.6 Å². The van der Waals surface area contributed by atoms with Crippen molar-refractivity contribution in [1.82, 2.24) is 5.32 Å². The molecule has 7 nitrogen and oxygen atoms in total. The van der Waals surface area contributed by atoms with Gasteiger partial charge in [-0.25, -0.2) is 9.59 Å². The van der Waals surface area contributed by atoms with E-state index in [1.807, 2.05) is 0 Å². The van der Waals surface area contributed by atoms with E-state index >= 15 is 0 Å². The van der Waals surface area contributed by atoms with Crippen LogP contribution in [-0.4, -0.2) is 51.4 Å². The molecule has 1 aliphatic heterocycles. The van der Waals surface area contributed by atoms with E-state index in [4.69, 9.17) is 4.74 Å².